The first-order valence-corrected chi connectivity index (χ1v) is 19.0. The van der Waals surface area contributed by atoms with E-state index in [9.17, 15) is 4.79 Å². The summed E-state index contributed by atoms with van der Waals surface area (Å²) in [6.07, 6.45) is 1.17. The Morgan fingerprint density at radius 2 is 1.17 bits per heavy atom. The summed E-state index contributed by atoms with van der Waals surface area (Å²) in [6.45, 7) is 12.0. The van der Waals surface area contributed by atoms with Crippen molar-refractivity contribution in [1.82, 2.24) is 4.98 Å². The monoisotopic (exact) mass is 877 g/mol. The van der Waals surface area contributed by atoms with Crippen molar-refractivity contribution in [1.29, 1.82) is 0 Å². The molecule has 6 aromatic carbocycles. The Morgan fingerprint density at radius 1 is 0.673 bits per heavy atom. The zero-order valence-corrected chi connectivity index (χ0v) is 33.3. The number of hydrogen-bond acceptors (Lipinski definition) is 4. The summed E-state index contributed by atoms with van der Waals surface area (Å²) in [5.74, 6) is -0.0625. The van der Waals surface area contributed by atoms with Crippen LogP contribution >= 0.6 is 7.14 Å². The average Bonchev–Trinajstić information content (AvgIpc) is 3.11. The van der Waals surface area contributed by atoms with Gasteiger partial charge in [0.15, 0.2) is 5.78 Å². The van der Waals surface area contributed by atoms with Crippen LogP contribution in [0.3, 0.4) is 0 Å². The van der Waals surface area contributed by atoms with Crippen LogP contribution in [-0.4, -0.2) is 15.9 Å². The van der Waals surface area contributed by atoms with E-state index in [2.05, 4.69) is 137 Å². The number of rotatable bonds is 2. The molecule has 52 heavy (non-hydrogen) atoms. The Balaban J connectivity index is 0.000000481. The molecule has 1 radical (unpaired) electrons. The van der Waals surface area contributed by atoms with Gasteiger partial charge in [-0.15, -0.1) is 28.8 Å². The molecule has 6 heteroatoms. The van der Waals surface area contributed by atoms with E-state index in [-0.39, 0.29) is 37.1 Å². The molecular formula is C46H39IrNO3P-. The molecule has 0 saturated heterocycles. The van der Waals surface area contributed by atoms with E-state index in [1.807, 2.05) is 12.1 Å². The Morgan fingerprint density at radius 3 is 1.69 bits per heavy atom. The number of benzene rings is 6. The fourth-order valence-electron chi connectivity index (χ4n) is 8.11. The number of carbonyl (C=O) groups excluding carboxylic acids is 1. The van der Waals surface area contributed by atoms with Gasteiger partial charge in [0.1, 0.15) is 7.14 Å². The molecule has 3 heterocycles. The van der Waals surface area contributed by atoms with Crippen LogP contribution in [0.1, 0.15) is 63.8 Å². The minimum Gasteiger partial charge on any atom is -0.512 e. The molecule has 0 fully saturated rings. The summed E-state index contributed by atoms with van der Waals surface area (Å²) in [4.78, 5) is 15.1. The third kappa shape index (κ3) is 5.50. The number of carbonyl (C=O) groups is 1. The smallest absolute Gasteiger partial charge is 0.155 e. The first-order valence-electron chi connectivity index (χ1n) is 17.3. The van der Waals surface area contributed by atoms with Gasteiger partial charge in [0.2, 0.25) is 0 Å². The largest absolute Gasteiger partial charge is 0.512 e. The number of hydrogen-bond donors (Lipinski definition) is 1. The molecule has 0 amide bonds. The second-order valence-electron chi connectivity index (χ2n) is 14.9. The van der Waals surface area contributed by atoms with Crippen LogP contribution in [-0.2, 0) is 40.3 Å². The number of allylic oxidation sites excluding steroid dienone is 2. The maximum atomic E-state index is 16.4. The molecule has 1 unspecified atom stereocenters. The van der Waals surface area contributed by atoms with Crippen LogP contribution in [0.15, 0.2) is 127 Å². The van der Waals surface area contributed by atoms with E-state index in [1.54, 1.807) is 0 Å². The molecule has 4 nitrogen and oxygen atoms in total. The number of aliphatic hydroxyl groups excluding tert-OH is 1. The van der Waals surface area contributed by atoms with Gasteiger partial charge in [-0.3, -0.25) is 9.78 Å². The number of ketones is 1. The minimum absolute atomic E-state index is 0. The molecular weight excluding hydrogens is 838 g/mol. The SMILES string of the molecule is CC(=O)/C=C(/C)O.CC1(C)c2[c-]c(-c3ccc4ccccc4n3)cc3c2P(=O)(c2cc4ccccc4cc21)c1cc2ccccc2cc1C3(C)C.[Ir]. The molecule has 0 spiro atoms. The summed E-state index contributed by atoms with van der Waals surface area (Å²) in [5.41, 5.74) is 6.40. The van der Waals surface area contributed by atoms with Crippen LogP contribution in [0.4, 0.5) is 0 Å². The van der Waals surface area contributed by atoms with E-state index in [0.717, 1.165) is 76.5 Å². The molecule has 0 aliphatic carbocycles. The molecule has 9 rings (SSSR count). The number of aromatic nitrogens is 1. The Bertz CT molecular complexity index is 2560. The number of aliphatic hydroxyl groups is 1. The van der Waals surface area contributed by atoms with E-state index in [0.29, 0.717) is 0 Å². The van der Waals surface area contributed by atoms with Gasteiger partial charge < -0.3 is 9.67 Å². The summed E-state index contributed by atoms with van der Waals surface area (Å²) < 4.78 is 16.4. The summed E-state index contributed by atoms with van der Waals surface area (Å²) in [5, 5.41) is 17.0. The zero-order chi connectivity index (χ0) is 35.9. The maximum Gasteiger partial charge on any atom is 0.155 e. The van der Waals surface area contributed by atoms with Crippen molar-refractivity contribution in [2.24, 2.45) is 0 Å². The molecule has 0 bridgehead atoms. The van der Waals surface area contributed by atoms with Crippen LogP contribution in [0.2, 0.25) is 0 Å². The predicted octanol–water partition coefficient (Wildman–Crippen LogP) is 9.96. The van der Waals surface area contributed by atoms with Crippen molar-refractivity contribution in [3.63, 3.8) is 0 Å². The van der Waals surface area contributed by atoms with E-state index >= 15 is 4.57 Å². The van der Waals surface area contributed by atoms with Gasteiger partial charge in [0.25, 0.3) is 0 Å². The van der Waals surface area contributed by atoms with Crippen molar-refractivity contribution < 1.29 is 34.6 Å². The minimum atomic E-state index is -3.29. The first kappa shape index (κ1) is 35.7. The van der Waals surface area contributed by atoms with Crippen molar-refractivity contribution in [3.05, 3.63) is 155 Å². The van der Waals surface area contributed by atoms with Gasteiger partial charge in [0.05, 0.1) is 11.3 Å². The third-order valence-electron chi connectivity index (χ3n) is 10.7. The van der Waals surface area contributed by atoms with E-state index < -0.39 is 12.6 Å². The van der Waals surface area contributed by atoms with Crippen molar-refractivity contribution in [2.75, 3.05) is 0 Å². The van der Waals surface area contributed by atoms with Crippen LogP contribution in [0.5, 0.6) is 0 Å². The Labute approximate surface area is 318 Å². The second-order valence-corrected chi connectivity index (χ2v) is 17.5. The Kier molecular flexibility index (Phi) is 8.78. The quantitative estimate of drug-likeness (QED) is 0.0814. The summed E-state index contributed by atoms with van der Waals surface area (Å²) in [7, 11) is -3.29. The van der Waals surface area contributed by atoms with Crippen LogP contribution < -0.4 is 15.9 Å². The molecule has 0 saturated carbocycles. The zero-order valence-electron chi connectivity index (χ0n) is 30.0. The third-order valence-corrected chi connectivity index (χ3v) is 13.9. The number of para-hydroxylation sites is 1. The normalized spacial score (nSPS) is 17.6. The molecule has 1 atom stereocenters. The Hall–Kier alpha value is -4.66. The van der Waals surface area contributed by atoms with Gasteiger partial charge in [-0.05, 0) is 98.8 Å². The van der Waals surface area contributed by atoms with Gasteiger partial charge in [-0.2, -0.15) is 0 Å². The maximum absolute atomic E-state index is 16.4. The second kappa shape index (κ2) is 12.8. The topological polar surface area (TPSA) is 67.3 Å². The molecule has 7 aromatic rings. The molecule has 2 aliphatic rings. The van der Waals surface area contributed by atoms with E-state index in [1.165, 1.54) is 25.3 Å². The molecule has 261 valence electrons. The van der Waals surface area contributed by atoms with Crippen LogP contribution in [0.25, 0.3) is 43.7 Å². The fourth-order valence-corrected chi connectivity index (χ4v) is 12.2. The van der Waals surface area contributed by atoms with E-state index in [4.69, 9.17) is 10.1 Å². The predicted molar refractivity (Wildman–Crippen MR) is 212 cm³/mol. The molecule has 1 N–H and O–H groups in total. The first-order chi connectivity index (χ1) is 24.3. The number of fused-ring (bicyclic) bond motifs is 7. The summed E-state index contributed by atoms with van der Waals surface area (Å²) >= 11 is 0. The van der Waals surface area contributed by atoms with Gasteiger partial charge in [-0.25, -0.2) is 0 Å². The average molecular weight is 877 g/mol. The molecule has 2 aliphatic heterocycles. The van der Waals surface area contributed by atoms with Gasteiger partial charge in [-0.1, -0.05) is 112 Å². The van der Waals surface area contributed by atoms with Crippen molar-refractivity contribution in [3.8, 4) is 11.3 Å². The van der Waals surface area contributed by atoms with Gasteiger partial charge in [0, 0.05) is 36.8 Å². The van der Waals surface area contributed by atoms with Gasteiger partial charge >= 0.3 is 0 Å². The number of pyridine rings is 1. The number of nitrogens with zero attached hydrogens (tertiary/aromatic N) is 1. The fraction of sp³-hybridized carbons (Fsp3) is 0.174. The molecule has 1 aromatic heterocycles. The summed E-state index contributed by atoms with van der Waals surface area (Å²) in [6, 6.07) is 44.5. The van der Waals surface area contributed by atoms with Crippen molar-refractivity contribution in [2.45, 2.75) is 52.4 Å². The van der Waals surface area contributed by atoms with Crippen molar-refractivity contribution >= 4 is 61.3 Å². The van der Waals surface area contributed by atoms with Crippen LogP contribution in [0, 0.1) is 6.07 Å². The standard InChI is InChI=1S/C41H31NOP.C5H8O2.Ir/c1-40(2)31-19-26-12-5-7-14-28(26)23-37(31)44(43)38-24-29-15-8-6-13-27(29)20-32(38)41(3,4)34-22-30(21-33(40)39(34)44)36-18-17-25-11-9-10-16-35(25)42-36;1-4(6)3-5(2)7;/h5-21,23-24H,1-4H3;3,6H,1-2H3;/q-1;;/b;4-3-;.